The smallest absolute Gasteiger partial charge is 0.201 e. The maximum atomic E-state index is 9.05. The zero-order valence-corrected chi connectivity index (χ0v) is 74.1. The second kappa shape index (κ2) is 40.8. The molecule has 123 heavy (non-hydrogen) atoms. The summed E-state index contributed by atoms with van der Waals surface area (Å²) in [5.74, 6) is -0.701. The molecule has 0 spiro atoms. The van der Waals surface area contributed by atoms with Gasteiger partial charge in [-0.15, -0.1) is 0 Å². The molecule has 1 aliphatic carbocycles. The summed E-state index contributed by atoms with van der Waals surface area (Å²) in [6, 6.07) is 82.9. The molecule has 0 atom stereocenters. The monoisotopic (exact) mass is 1650 g/mol. The first-order valence-electron chi connectivity index (χ1n) is 55.3. The Labute approximate surface area is 775 Å². The molecule has 5 aromatic heterocycles. The summed E-state index contributed by atoms with van der Waals surface area (Å²) in [6.07, 6.45) is 11.2. The molecule has 0 saturated heterocycles. The number of hydrogen-bond donors (Lipinski definition) is 0. The van der Waals surface area contributed by atoms with Crippen molar-refractivity contribution in [2.75, 3.05) is 0 Å². The molecule has 0 N–H and O–H groups in total. The predicted octanol–water partition coefficient (Wildman–Crippen LogP) is 28.1. The molecule has 16 rings (SSSR count). The molecule has 1 fully saturated rings. The highest BCUT2D eigenvalue weighted by molar-refractivity contribution is 5.81. The van der Waals surface area contributed by atoms with Crippen LogP contribution in [0.3, 0.4) is 0 Å². The first-order valence-corrected chi connectivity index (χ1v) is 42.3. The van der Waals surface area contributed by atoms with E-state index in [9.17, 15) is 0 Å². The van der Waals surface area contributed by atoms with Gasteiger partial charge in [0.2, 0.25) is 28.5 Å². The molecular formula is C118H134N5+5. The van der Waals surface area contributed by atoms with Crippen LogP contribution in [-0.4, -0.2) is 0 Å². The summed E-state index contributed by atoms with van der Waals surface area (Å²) in [5, 5.41) is 0. The Balaban J connectivity index is 0.000000165. The van der Waals surface area contributed by atoms with Gasteiger partial charge in [-0.05, 0) is 302 Å². The molecule has 10 aromatic carbocycles. The topological polar surface area (TPSA) is 19.4 Å². The Hall–Kier alpha value is -12.1. The number of aryl methyl sites for hydroxylation is 18. The molecule has 0 unspecified atom stereocenters. The minimum atomic E-state index is -2.24. The number of hydrogen-bond acceptors (Lipinski definition) is 0. The van der Waals surface area contributed by atoms with Crippen LogP contribution in [0.1, 0.15) is 197 Å². The standard InChI is InChI=1S/C26H30N.C25H30N.C24H28N.C22H24N.C21H22N/c1-19-16-20(2)25(18-24(19)22-12-8-5-9-13-22)26-17-23(14-15-27(26)3)21-10-6-4-7-11-21;1-18-14-19(2)23(16-22(18)21-10-8-7-9-11-21)24-15-20(12-13-26(24)6)17-25(3,4)5;1-17(2)13-20-11-12-25(5)24(15-20)23-16-22(18(3)14-19(23)4)21-9-7-6-8-10-21;1-15-12-22(23(5)14-18(15)4)21-13-20(16(2)11-17(21)3)19-9-7-6-8-10-19;1-15-10-11-21(22(4)14-15)20-13-19(16(2)12-17(20)3)18-8-6-5-7-9-18/h5,8-9,12-18,21H,4,6-7,10-11H2,1-3H3;7-16H,17H2,1-6H3;6-12,14-17H,13H2,1-5H3;6-14H,1-5H3;5-14H,1-4H3/q5*+1/i1D3,21D;1D3,17D2;3D3,13D2;2D3,4D3;1D3,2D3. The van der Waals surface area contributed by atoms with Crippen molar-refractivity contribution in [1.82, 2.24) is 0 Å². The number of benzene rings is 10. The number of aromatic nitrogens is 5. The van der Waals surface area contributed by atoms with Gasteiger partial charge in [0.25, 0.3) is 0 Å². The average Bonchev–Trinajstić information content (AvgIpc) is 0.762. The van der Waals surface area contributed by atoms with Gasteiger partial charge >= 0.3 is 0 Å². The molecule has 0 radical (unpaired) electrons. The lowest BCUT2D eigenvalue weighted by atomic mass is 9.83. The Morgan fingerprint density at radius 2 is 0.634 bits per heavy atom. The third kappa shape index (κ3) is 22.8. The molecule has 1 aliphatic rings. The molecule has 15 aromatic rings. The van der Waals surface area contributed by atoms with Gasteiger partial charge in [-0.25, -0.2) is 22.8 Å². The highest BCUT2D eigenvalue weighted by Crippen LogP contribution is 2.40. The Morgan fingerprint density at radius 1 is 0.309 bits per heavy atom. The minimum absolute atomic E-state index is 0.169. The van der Waals surface area contributed by atoms with Gasteiger partial charge in [-0.2, -0.15) is 0 Å². The third-order valence-electron chi connectivity index (χ3n) is 22.5. The molecule has 5 nitrogen and oxygen atoms in total. The van der Waals surface area contributed by atoms with Crippen LogP contribution in [-0.2, 0) is 48.0 Å². The Bertz CT molecular complexity index is 7290. The van der Waals surface area contributed by atoms with Gasteiger partial charge in [-0.1, -0.05) is 236 Å². The van der Waals surface area contributed by atoms with E-state index < -0.39 is 72.0 Å². The van der Waals surface area contributed by atoms with Gasteiger partial charge in [-0.3, -0.25) is 0 Å². The summed E-state index contributed by atoms with van der Waals surface area (Å²) in [5.41, 5.74) is 25.4. The average molecular weight is 1650 g/mol. The van der Waals surface area contributed by atoms with Crippen molar-refractivity contribution < 1.29 is 58.5 Å². The molecule has 1 saturated carbocycles. The van der Waals surface area contributed by atoms with E-state index >= 15 is 0 Å². The highest BCUT2D eigenvalue weighted by Gasteiger charge is 2.25. The molecule has 5 heteroatoms. The maximum Gasteiger partial charge on any atom is 0.212 e. The third-order valence-corrected chi connectivity index (χ3v) is 22.5. The zero-order valence-electron chi connectivity index (χ0n) is 100. The lowest BCUT2D eigenvalue weighted by Gasteiger charge is -2.22. The van der Waals surface area contributed by atoms with Crippen molar-refractivity contribution in [3.05, 3.63) is 387 Å². The Kier molecular flexibility index (Phi) is 20.3. The first-order chi connectivity index (χ1) is 69.2. The van der Waals surface area contributed by atoms with Crippen LogP contribution in [0.15, 0.2) is 298 Å². The van der Waals surface area contributed by atoms with E-state index in [1.807, 2.05) is 344 Å². The van der Waals surface area contributed by atoms with E-state index in [4.69, 9.17) is 35.6 Å². The molecule has 0 aliphatic heterocycles. The lowest BCUT2D eigenvalue weighted by Crippen LogP contribution is -2.31. The van der Waals surface area contributed by atoms with Crippen molar-refractivity contribution in [3.8, 4) is 112 Å². The van der Waals surface area contributed by atoms with Gasteiger partial charge < -0.3 is 0 Å². The fourth-order valence-corrected chi connectivity index (χ4v) is 16.0. The fourth-order valence-electron chi connectivity index (χ4n) is 16.0. The van der Waals surface area contributed by atoms with Crippen LogP contribution in [0.5, 0.6) is 0 Å². The van der Waals surface area contributed by atoms with Crippen LogP contribution in [0.4, 0.5) is 0 Å². The second-order valence-electron chi connectivity index (χ2n) is 33.7. The summed E-state index contributed by atoms with van der Waals surface area (Å²) in [6.45, 7) is 5.27. The lowest BCUT2D eigenvalue weighted by molar-refractivity contribution is -0.660. The quantitative estimate of drug-likeness (QED) is 0.0967. The van der Waals surface area contributed by atoms with Gasteiger partial charge in [0.15, 0.2) is 31.0 Å². The van der Waals surface area contributed by atoms with Gasteiger partial charge in [0, 0.05) is 123 Å². The number of rotatable bonds is 14. The van der Waals surface area contributed by atoms with Crippen LogP contribution in [0, 0.1) is 101 Å². The zero-order chi connectivity index (χ0) is 110. The van der Waals surface area contributed by atoms with E-state index in [1.165, 1.54) is 6.42 Å². The largest absolute Gasteiger partial charge is 0.212 e. The highest BCUT2D eigenvalue weighted by atomic mass is 14.9. The van der Waals surface area contributed by atoms with Crippen molar-refractivity contribution >= 4 is 0 Å². The predicted molar refractivity (Wildman–Crippen MR) is 522 cm³/mol. The molecular weight excluding hydrogens is 1490 g/mol. The van der Waals surface area contributed by atoms with Crippen molar-refractivity contribution in [1.29, 1.82) is 0 Å². The number of pyridine rings is 5. The maximum absolute atomic E-state index is 9.05. The van der Waals surface area contributed by atoms with Crippen molar-refractivity contribution in [2.45, 2.75) is 175 Å². The summed E-state index contributed by atoms with van der Waals surface area (Å²) in [7, 11) is 9.46. The van der Waals surface area contributed by atoms with Gasteiger partial charge in [0.05, 0.1) is 0 Å². The van der Waals surface area contributed by atoms with Gasteiger partial charge in [0.1, 0.15) is 35.2 Å². The molecule has 626 valence electrons. The van der Waals surface area contributed by atoms with E-state index in [1.54, 1.807) is 71.9 Å². The van der Waals surface area contributed by atoms with Crippen LogP contribution >= 0.6 is 0 Å². The van der Waals surface area contributed by atoms with E-state index in [0.29, 0.717) is 72.3 Å². The summed E-state index contributed by atoms with van der Waals surface area (Å²) >= 11 is 0. The molecule has 0 amide bonds. The summed E-state index contributed by atoms with van der Waals surface area (Å²) in [4.78, 5) is 0. The van der Waals surface area contributed by atoms with Crippen LogP contribution < -0.4 is 22.8 Å². The fraction of sp³-hybridized carbons (Fsp3) is 0.280. The van der Waals surface area contributed by atoms with Crippen LogP contribution in [0.25, 0.3) is 112 Å². The van der Waals surface area contributed by atoms with E-state index in [-0.39, 0.29) is 11.5 Å². The SMILES string of the molecule is [2H]C([2H])([2H])c1c[n+](C)c(-c2cc(-c3ccccc3)c(C([2H])([2H])[2H])cc2C)cc1C.[2H]C([2H])([2H])c1cc(C)c(-c2cc(C([2H])([2H])C(C)(C)C)cc[n+]2C)cc1-c1ccccc1.[2H]C([2H])([2H])c1cc(C)c(-c2cc(C([2H])([2H])C(C)C)cc[n+]2C)cc1-c1ccccc1.[2H]C([2H])([2H])c1cc(C)c(-c2cc(C3([2H])CCCCC3)cc[n+]2C)cc1-c1ccccc1.[2H]C([2H])([2H])c1ccc(-c2cc(-c3ccccc3)c(C([2H])([2H])[2H])cc2C)[n+](C)c1. The normalized spacial score (nSPS) is 16.3. The Morgan fingerprint density at radius 3 is 0.976 bits per heavy atom. The molecule has 5 heterocycles. The number of nitrogens with zero attached hydrogens (tertiary/aromatic N) is 5. The molecule has 0 bridgehead atoms. The van der Waals surface area contributed by atoms with Crippen LogP contribution in [0.2, 0.25) is 0 Å². The van der Waals surface area contributed by atoms with Crippen molar-refractivity contribution in [2.24, 2.45) is 46.6 Å². The van der Waals surface area contributed by atoms with E-state index in [0.717, 1.165) is 149 Å². The first kappa shape index (κ1) is 61.3. The summed E-state index contributed by atoms with van der Waals surface area (Å²) < 4.78 is 219. The van der Waals surface area contributed by atoms with E-state index in [2.05, 4.69) is 16.7 Å². The minimum Gasteiger partial charge on any atom is -0.201 e. The second-order valence-corrected chi connectivity index (χ2v) is 33.7. The van der Waals surface area contributed by atoms with Crippen molar-refractivity contribution in [3.63, 3.8) is 0 Å².